The number of carboxylic acids is 1. The molecule has 2 unspecified atom stereocenters. The molecule has 2 heterocycles. The van der Waals surface area contributed by atoms with Gasteiger partial charge in [0.05, 0.1) is 13.2 Å². The van der Waals surface area contributed by atoms with E-state index >= 15 is 0 Å². The van der Waals surface area contributed by atoms with Crippen molar-refractivity contribution in [1.29, 1.82) is 0 Å². The maximum absolute atomic E-state index is 12.2. The average molecular weight is 258 g/mol. The van der Waals surface area contributed by atoms with Crippen LogP contribution in [0.25, 0.3) is 0 Å². The van der Waals surface area contributed by atoms with Crippen molar-refractivity contribution in [3.63, 3.8) is 0 Å². The normalized spacial score (nSPS) is 28.5. The van der Waals surface area contributed by atoms with E-state index in [1.165, 1.54) is 4.90 Å². The zero-order valence-corrected chi connectivity index (χ0v) is 10.1. The van der Waals surface area contributed by atoms with Gasteiger partial charge in [0.15, 0.2) is 6.10 Å². The smallest absolute Gasteiger partial charge is 0.334 e. The molecule has 0 aromatic rings. The van der Waals surface area contributed by atoms with Crippen molar-refractivity contribution in [3.05, 3.63) is 0 Å². The molecule has 18 heavy (non-hydrogen) atoms. The topological polar surface area (TPSA) is 90.3 Å². The number of aliphatic hydroxyl groups excluding tert-OH is 1. The molecule has 102 valence electrons. The van der Waals surface area contributed by atoms with Crippen LogP contribution in [0.1, 0.15) is 6.42 Å². The number of amides is 2. The highest BCUT2D eigenvalue weighted by atomic mass is 16.5. The maximum atomic E-state index is 12.2. The minimum atomic E-state index is -1.04. The molecule has 2 aliphatic rings. The number of aliphatic carboxylic acids is 1. The van der Waals surface area contributed by atoms with Gasteiger partial charge in [-0.25, -0.2) is 9.59 Å². The van der Waals surface area contributed by atoms with Crippen LogP contribution >= 0.6 is 0 Å². The Hall–Kier alpha value is -1.34. The molecular weight excluding hydrogens is 240 g/mol. The van der Waals surface area contributed by atoms with Gasteiger partial charge in [0.2, 0.25) is 0 Å². The molecule has 0 aliphatic carbocycles. The van der Waals surface area contributed by atoms with E-state index in [1.54, 1.807) is 4.90 Å². The summed E-state index contributed by atoms with van der Waals surface area (Å²) < 4.78 is 5.07. The van der Waals surface area contributed by atoms with Gasteiger partial charge in [0, 0.05) is 32.2 Å². The molecule has 0 aromatic carbocycles. The molecule has 0 bridgehead atoms. The SMILES string of the molecule is O=C(O)C1CN(C(=O)N2CCC(CO)C2)CCO1. The van der Waals surface area contributed by atoms with Crippen LogP contribution in [0.5, 0.6) is 0 Å². The Kier molecular flexibility index (Phi) is 4.03. The first-order valence-corrected chi connectivity index (χ1v) is 6.11. The van der Waals surface area contributed by atoms with Gasteiger partial charge in [-0.1, -0.05) is 0 Å². The number of aliphatic hydroxyl groups is 1. The van der Waals surface area contributed by atoms with Gasteiger partial charge >= 0.3 is 12.0 Å². The summed E-state index contributed by atoms with van der Waals surface area (Å²) in [6.45, 7) is 2.02. The Bertz CT molecular complexity index is 335. The minimum absolute atomic E-state index is 0.0879. The Morgan fingerprint density at radius 2 is 1.94 bits per heavy atom. The number of nitrogens with zero attached hydrogens (tertiary/aromatic N) is 2. The van der Waals surface area contributed by atoms with Crippen LogP contribution in [0.2, 0.25) is 0 Å². The van der Waals surface area contributed by atoms with Crippen LogP contribution in [0, 0.1) is 5.92 Å². The molecule has 7 nitrogen and oxygen atoms in total. The third-order valence-corrected chi connectivity index (χ3v) is 3.43. The Labute approximate surface area is 105 Å². The molecular formula is C11H18N2O5. The molecule has 0 aromatic heterocycles. The minimum Gasteiger partial charge on any atom is -0.479 e. The number of morpholine rings is 1. The van der Waals surface area contributed by atoms with Gasteiger partial charge in [-0.2, -0.15) is 0 Å². The molecule has 0 spiro atoms. The Morgan fingerprint density at radius 3 is 2.56 bits per heavy atom. The fourth-order valence-corrected chi connectivity index (χ4v) is 2.33. The van der Waals surface area contributed by atoms with Crippen molar-refractivity contribution in [1.82, 2.24) is 9.80 Å². The van der Waals surface area contributed by atoms with E-state index in [9.17, 15) is 9.59 Å². The molecule has 2 atom stereocenters. The number of hydrogen-bond acceptors (Lipinski definition) is 4. The molecule has 2 rings (SSSR count). The molecule has 2 fully saturated rings. The molecule has 0 radical (unpaired) electrons. The van der Waals surface area contributed by atoms with E-state index in [2.05, 4.69) is 0 Å². The van der Waals surface area contributed by atoms with Crippen molar-refractivity contribution >= 4 is 12.0 Å². The standard InChI is InChI=1S/C11H18N2O5/c14-7-8-1-2-12(5-8)11(17)13-3-4-18-9(6-13)10(15)16/h8-9,14H,1-7H2,(H,15,16). The monoisotopic (exact) mass is 258 g/mol. The first kappa shape index (κ1) is 13.1. The number of ether oxygens (including phenoxy) is 1. The van der Waals surface area contributed by atoms with Crippen LogP contribution in [0.15, 0.2) is 0 Å². The first-order valence-electron chi connectivity index (χ1n) is 6.11. The highest BCUT2D eigenvalue weighted by Gasteiger charge is 2.33. The predicted octanol–water partition coefficient (Wildman–Crippen LogP) is -0.794. The molecule has 0 saturated carbocycles. The second-order valence-electron chi connectivity index (χ2n) is 4.71. The lowest BCUT2D eigenvalue weighted by Crippen LogP contribution is -2.52. The Balaban J connectivity index is 1.91. The third-order valence-electron chi connectivity index (χ3n) is 3.43. The highest BCUT2D eigenvalue weighted by Crippen LogP contribution is 2.18. The summed E-state index contributed by atoms with van der Waals surface area (Å²) >= 11 is 0. The van der Waals surface area contributed by atoms with E-state index in [4.69, 9.17) is 14.9 Å². The number of carboxylic acid groups (broad SMARTS) is 1. The number of carbonyl (C=O) groups excluding carboxylic acids is 1. The summed E-state index contributed by atoms with van der Waals surface area (Å²) in [5.74, 6) is -0.896. The number of rotatable bonds is 2. The average Bonchev–Trinajstić information content (AvgIpc) is 2.86. The molecule has 7 heteroatoms. The lowest BCUT2D eigenvalue weighted by Gasteiger charge is -2.33. The number of hydrogen-bond donors (Lipinski definition) is 2. The van der Waals surface area contributed by atoms with Crippen molar-refractivity contribution < 1.29 is 24.5 Å². The highest BCUT2D eigenvalue weighted by molar-refractivity contribution is 5.77. The summed E-state index contributed by atoms with van der Waals surface area (Å²) in [5, 5.41) is 17.9. The molecule has 2 saturated heterocycles. The zero-order chi connectivity index (χ0) is 13.1. The van der Waals surface area contributed by atoms with Crippen LogP contribution in [-0.4, -0.2) is 77.5 Å². The maximum Gasteiger partial charge on any atom is 0.334 e. The molecule has 2 N–H and O–H groups in total. The van der Waals surface area contributed by atoms with Crippen molar-refractivity contribution in [2.45, 2.75) is 12.5 Å². The van der Waals surface area contributed by atoms with Gasteiger partial charge in [0.25, 0.3) is 0 Å². The summed E-state index contributed by atoms with van der Waals surface area (Å²) in [7, 11) is 0. The van der Waals surface area contributed by atoms with Gasteiger partial charge in [-0.3, -0.25) is 0 Å². The van der Waals surface area contributed by atoms with Crippen LogP contribution < -0.4 is 0 Å². The lowest BCUT2D eigenvalue weighted by atomic mass is 10.1. The van der Waals surface area contributed by atoms with E-state index in [1.807, 2.05) is 0 Å². The fourth-order valence-electron chi connectivity index (χ4n) is 2.33. The van der Waals surface area contributed by atoms with Crippen molar-refractivity contribution in [2.75, 3.05) is 39.4 Å². The fraction of sp³-hybridized carbons (Fsp3) is 0.818. The van der Waals surface area contributed by atoms with Gasteiger partial charge in [0.1, 0.15) is 0 Å². The number of likely N-dealkylation sites (tertiary alicyclic amines) is 1. The van der Waals surface area contributed by atoms with Crippen LogP contribution in [-0.2, 0) is 9.53 Å². The van der Waals surface area contributed by atoms with Crippen LogP contribution in [0.3, 0.4) is 0 Å². The second-order valence-corrected chi connectivity index (χ2v) is 4.71. The van der Waals surface area contributed by atoms with E-state index in [0.29, 0.717) is 19.6 Å². The molecule has 2 aliphatic heterocycles. The third kappa shape index (κ3) is 2.73. The molecule has 2 amide bonds. The zero-order valence-electron chi connectivity index (χ0n) is 10.1. The lowest BCUT2D eigenvalue weighted by molar-refractivity contribution is -0.154. The van der Waals surface area contributed by atoms with Crippen LogP contribution in [0.4, 0.5) is 4.79 Å². The Morgan fingerprint density at radius 1 is 1.22 bits per heavy atom. The quantitative estimate of drug-likeness (QED) is 0.677. The largest absolute Gasteiger partial charge is 0.479 e. The second kappa shape index (κ2) is 5.53. The number of carbonyl (C=O) groups is 2. The van der Waals surface area contributed by atoms with Gasteiger partial charge in [-0.15, -0.1) is 0 Å². The first-order chi connectivity index (χ1) is 8.61. The predicted molar refractivity (Wildman–Crippen MR) is 61.1 cm³/mol. The summed E-state index contributed by atoms with van der Waals surface area (Å²) in [6, 6.07) is -0.152. The van der Waals surface area contributed by atoms with Gasteiger partial charge in [-0.05, 0) is 6.42 Å². The summed E-state index contributed by atoms with van der Waals surface area (Å²) in [6.07, 6.45) is -0.131. The number of urea groups is 1. The van der Waals surface area contributed by atoms with E-state index in [-0.39, 0.29) is 31.7 Å². The summed E-state index contributed by atoms with van der Waals surface area (Å²) in [4.78, 5) is 26.2. The van der Waals surface area contributed by atoms with E-state index in [0.717, 1.165) is 6.42 Å². The summed E-state index contributed by atoms with van der Waals surface area (Å²) in [5.41, 5.74) is 0. The van der Waals surface area contributed by atoms with Gasteiger partial charge < -0.3 is 24.7 Å². The van der Waals surface area contributed by atoms with Crippen molar-refractivity contribution in [3.8, 4) is 0 Å². The van der Waals surface area contributed by atoms with Crippen molar-refractivity contribution in [2.24, 2.45) is 5.92 Å². The van der Waals surface area contributed by atoms with E-state index < -0.39 is 12.1 Å².